The molecule has 0 aliphatic carbocycles. The predicted molar refractivity (Wildman–Crippen MR) is 104 cm³/mol. The van der Waals surface area contributed by atoms with Gasteiger partial charge in [-0.25, -0.2) is 9.45 Å². The Hall–Kier alpha value is -2.96. The van der Waals surface area contributed by atoms with Crippen LogP contribution in [-0.4, -0.2) is 51.3 Å². The Labute approximate surface area is 183 Å². The van der Waals surface area contributed by atoms with Gasteiger partial charge in [-0.1, -0.05) is 22.8 Å². The molecule has 3 rings (SSSR count). The Bertz CT molecular complexity index is 1120. The highest BCUT2D eigenvalue weighted by atomic mass is 35.5. The molecule has 172 valence electrons. The summed E-state index contributed by atoms with van der Waals surface area (Å²) >= 11 is 6.07. The zero-order valence-electron chi connectivity index (χ0n) is 16.9. The molecule has 32 heavy (non-hydrogen) atoms. The normalized spacial score (nSPS) is 12.8. The van der Waals surface area contributed by atoms with Gasteiger partial charge in [0.1, 0.15) is 17.1 Å². The fourth-order valence-electron chi connectivity index (χ4n) is 3.05. The van der Waals surface area contributed by atoms with Crippen molar-refractivity contribution in [2.24, 2.45) is 0 Å². The van der Waals surface area contributed by atoms with E-state index in [4.69, 9.17) is 21.0 Å². The molecule has 8 nitrogen and oxygen atoms in total. The minimum Gasteiger partial charge on any atom is -0.391 e. The summed E-state index contributed by atoms with van der Waals surface area (Å²) in [7, 11) is 2.36. The molecule has 0 saturated heterocycles. The van der Waals surface area contributed by atoms with Gasteiger partial charge in [-0.15, -0.1) is 0 Å². The number of aromatic nitrogens is 3. The number of hydrogen-bond acceptors (Lipinski definition) is 6. The molecule has 0 radical (unpaired) electrons. The number of hydrogen-bond donors (Lipinski definition) is 1. The summed E-state index contributed by atoms with van der Waals surface area (Å²) in [5.41, 5.74) is -3.16. The van der Waals surface area contributed by atoms with E-state index in [1.54, 1.807) is 0 Å². The van der Waals surface area contributed by atoms with E-state index in [9.17, 15) is 27.5 Å². The van der Waals surface area contributed by atoms with Crippen molar-refractivity contribution in [1.29, 1.82) is 0 Å². The molecular formula is C19H17ClF4N4O4. The van der Waals surface area contributed by atoms with E-state index in [0.29, 0.717) is 9.75 Å². The van der Waals surface area contributed by atoms with Crippen molar-refractivity contribution in [2.45, 2.75) is 25.7 Å². The lowest BCUT2D eigenvalue weighted by Crippen LogP contribution is -2.26. The van der Waals surface area contributed by atoms with Gasteiger partial charge in [0.2, 0.25) is 0 Å². The van der Waals surface area contributed by atoms with Gasteiger partial charge in [-0.2, -0.15) is 18.3 Å². The van der Waals surface area contributed by atoms with Crippen LogP contribution in [0.25, 0.3) is 22.6 Å². The van der Waals surface area contributed by atoms with Crippen LogP contribution in [0.3, 0.4) is 0 Å². The van der Waals surface area contributed by atoms with Crippen LogP contribution in [0.1, 0.15) is 23.0 Å². The number of rotatable bonds is 6. The zero-order valence-corrected chi connectivity index (χ0v) is 17.7. The lowest BCUT2D eigenvalue weighted by atomic mass is 10.0. The number of benzene rings is 1. The SMILES string of the molecule is CON(C)C(=O)c1c(-c2c(F)cccc2Cl)noc1-c1cnn(CC(C)O)c1C(F)(F)F. The molecule has 0 aliphatic heterocycles. The van der Waals surface area contributed by atoms with Crippen LogP contribution in [0.2, 0.25) is 5.02 Å². The molecule has 13 heteroatoms. The van der Waals surface area contributed by atoms with Gasteiger partial charge >= 0.3 is 6.18 Å². The predicted octanol–water partition coefficient (Wildman–Crippen LogP) is 4.03. The van der Waals surface area contributed by atoms with Crippen molar-refractivity contribution in [3.8, 4) is 22.6 Å². The maximum atomic E-state index is 14.5. The molecule has 0 fully saturated rings. The molecule has 2 aromatic heterocycles. The molecule has 2 heterocycles. The monoisotopic (exact) mass is 476 g/mol. The largest absolute Gasteiger partial charge is 0.433 e. The number of alkyl halides is 3. The Morgan fingerprint density at radius 3 is 2.66 bits per heavy atom. The van der Waals surface area contributed by atoms with E-state index >= 15 is 0 Å². The first-order chi connectivity index (χ1) is 15.0. The topological polar surface area (TPSA) is 93.6 Å². The van der Waals surface area contributed by atoms with Gasteiger partial charge in [0.25, 0.3) is 5.91 Å². The smallest absolute Gasteiger partial charge is 0.391 e. The number of carbonyl (C=O) groups is 1. The molecule has 1 aromatic carbocycles. The van der Waals surface area contributed by atoms with Gasteiger partial charge in [-0.05, 0) is 19.1 Å². The summed E-state index contributed by atoms with van der Waals surface area (Å²) in [4.78, 5) is 17.8. The fraction of sp³-hybridized carbons (Fsp3) is 0.316. The molecule has 0 aliphatic rings. The molecule has 0 saturated carbocycles. The summed E-state index contributed by atoms with van der Waals surface area (Å²) in [5.74, 6) is -2.45. The molecular weight excluding hydrogens is 460 g/mol. The van der Waals surface area contributed by atoms with Crippen LogP contribution in [0.15, 0.2) is 28.9 Å². The van der Waals surface area contributed by atoms with Crippen LogP contribution >= 0.6 is 11.6 Å². The van der Waals surface area contributed by atoms with Crippen molar-refractivity contribution >= 4 is 17.5 Å². The van der Waals surface area contributed by atoms with Crippen LogP contribution in [0.5, 0.6) is 0 Å². The lowest BCUT2D eigenvalue weighted by Gasteiger charge is -2.16. The standard InChI is InChI=1S/C19H17ClF4N4O4/c1-9(29)8-28-17(19(22,23)24)10(7-25-28)16-14(18(30)27(2)31-3)15(26-32-16)13-11(20)5-4-6-12(13)21/h4-7,9,29H,8H2,1-3H3. The Kier molecular flexibility index (Phi) is 6.58. The van der Waals surface area contributed by atoms with Crippen LogP contribution < -0.4 is 0 Å². The van der Waals surface area contributed by atoms with Crippen molar-refractivity contribution < 1.29 is 36.8 Å². The molecule has 1 atom stereocenters. The number of halogens is 5. The fourth-order valence-corrected chi connectivity index (χ4v) is 3.30. The Morgan fingerprint density at radius 2 is 2.09 bits per heavy atom. The summed E-state index contributed by atoms with van der Waals surface area (Å²) in [6, 6.07) is 3.68. The quantitative estimate of drug-likeness (QED) is 0.426. The first kappa shape index (κ1) is 23.7. The average molecular weight is 477 g/mol. The third-order valence-corrected chi connectivity index (χ3v) is 4.77. The Balaban J connectivity index is 2.33. The number of nitrogens with zero attached hydrogens (tertiary/aromatic N) is 4. The van der Waals surface area contributed by atoms with Gasteiger partial charge < -0.3 is 9.63 Å². The highest BCUT2D eigenvalue weighted by molar-refractivity contribution is 6.33. The number of carbonyl (C=O) groups excluding carboxylic acids is 1. The van der Waals surface area contributed by atoms with E-state index in [1.807, 2.05) is 0 Å². The average Bonchev–Trinajstić information content (AvgIpc) is 3.30. The van der Waals surface area contributed by atoms with Crippen molar-refractivity contribution in [1.82, 2.24) is 20.0 Å². The van der Waals surface area contributed by atoms with E-state index in [1.165, 1.54) is 26.1 Å². The first-order valence-electron chi connectivity index (χ1n) is 9.05. The van der Waals surface area contributed by atoms with Crippen molar-refractivity contribution in [3.05, 3.63) is 46.5 Å². The minimum atomic E-state index is -4.93. The summed E-state index contributed by atoms with van der Waals surface area (Å²) in [6.45, 7) is 0.812. The van der Waals surface area contributed by atoms with Crippen LogP contribution in [0, 0.1) is 5.82 Å². The van der Waals surface area contributed by atoms with Gasteiger partial charge in [0.05, 0.1) is 42.1 Å². The van der Waals surface area contributed by atoms with E-state index in [0.717, 1.165) is 19.4 Å². The maximum Gasteiger partial charge on any atom is 0.433 e. The number of hydroxylamine groups is 2. The second-order valence-electron chi connectivity index (χ2n) is 6.75. The molecule has 0 spiro atoms. The number of amides is 1. The Morgan fingerprint density at radius 1 is 1.41 bits per heavy atom. The van der Waals surface area contributed by atoms with Gasteiger partial charge in [0, 0.05) is 7.05 Å². The van der Waals surface area contributed by atoms with Crippen LogP contribution in [0.4, 0.5) is 17.6 Å². The zero-order chi connectivity index (χ0) is 23.8. The molecule has 3 aromatic rings. The second-order valence-corrected chi connectivity index (χ2v) is 7.16. The third kappa shape index (κ3) is 4.33. The molecule has 1 N–H and O–H groups in total. The van der Waals surface area contributed by atoms with E-state index in [-0.39, 0.29) is 10.6 Å². The number of aliphatic hydroxyl groups excluding tert-OH is 1. The lowest BCUT2D eigenvalue weighted by molar-refractivity contribution is -0.144. The van der Waals surface area contributed by atoms with Crippen molar-refractivity contribution in [3.63, 3.8) is 0 Å². The van der Waals surface area contributed by atoms with Crippen molar-refractivity contribution in [2.75, 3.05) is 14.2 Å². The summed E-state index contributed by atoms with van der Waals surface area (Å²) in [5, 5.41) is 17.4. The third-order valence-electron chi connectivity index (χ3n) is 4.46. The maximum absolute atomic E-state index is 14.5. The van der Waals surface area contributed by atoms with E-state index in [2.05, 4.69) is 10.3 Å². The number of aliphatic hydroxyl groups is 1. The van der Waals surface area contributed by atoms with Crippen LogP contribution in [-0.2, 0) is 17.6 Å². The highest BCUT2D eigenvalue weighted by Crippen LogP contribution is 2.42. The molecule has 1 amide bonds. The second kappa shape index (κ2) is 8.88. The molecule has 0 bridgehead atoms. The van der Waals surface area contributed by atoms with Gasteiger partial charge in [0.15, 0.2) is 11.5 Å². The first-order valence-corrected chi connectivity index (χ1v) is 9.42. The van der Waals surface area contributed by atoms with Gasteiger partial charge in [-0.3, -0.25) is 14.3 Å². The minimum absolute atomic E-state index is 0.139. The highest BCUT2D eigenvalue weighted by Gasteiger charge is 2.42. The molecule has 1 unspecified atom stereocenters. The summed E-state index contributed by atoms with van der Waals surface area (Å²) < 4.78 is 61.9. The van der Waals surface area contributed by atoms with E-state index < -0.39 is 58.8 Å². The summed E-state index contributed by atoms with van der Waals surface area (Å²) in [6.07, 6.45) is -5.26.